The van der Waals surface area contributed by atoms with Crippen molar-refractivity contribution in [2.45, 2.75) is 42.1 Å². The molecule has 0 radical (unpaired) electrons. The molecule has 0 N–H and O–H groups in total. The molecule has 94 valence electrons. The Bertz CT molecular complexity index is 518. The molecule has 1 aliphatic heterocycles. The highest BCUT2D eigenvalue weighted by Gasteiger charge is 2.70. The third-order valence-corrected chi connectivity index (χ3v) is 10.7. The van der Waals surface area contributed by atoms with Gasteiger partial charge in [-0.1, -0.05) is 37.8 Å². The highest BCUT2D eigenvalue weighted by Crippen LogP contribution is 2.51. The van der Waals surface area contributed by atoms with Gasteiger partial charge in [-0.2, -0.15) is 0 Å². The van der Waals surface area contributed by atoms with Gasteiger partial charge in [-0.05, 0) is 19.1 Å². The number of sulfone groups is 1. The lowest BCUT2D eigenvalue weighted by Crippen LogP contribution is -2.49. The molecule has 5 heteroatoms. The summed E-state index contributed by atoms with van der Waals surface area (Å²) in [7, 11) is -5.36. The van der Waals surface area contributed by atoms with Crippen LogP contribution in [0.5, 0.6) is 0 Å². The van der Waals surface area contributed by atoms with E-state index in [1.165, 1.54) is 0 Å². The van der Waals surface area contributed by atoms with Crippen molar-refractivity contribution in [3.8, 4) is 0 Å². The highest BCUT2D eigenvalue weighted by atomic mass is 32.2. The van der Waals surface area contributed by atoms with Crippen LogP contribution in [0, 0.1) is 0 Å². The molecule has 0 saturated carbocycles. The third kappa shape index (κ3) is 1.68. The number of hydrogen-bond acceptors (Lipinski definition) is 3. The number of ether oxygens (including phenoxy) is 1. The van der Waals surface area contributed by atoms with Crippen molar-refractivity contribution in [2.75, 3.05) is 0 Å². The van der Waals surface area contributed by atoms with Crippen LogP contribution in [0.4, 0.5) is 0 Å². The molecule has 1 heterocycles. The molecule has 0 amide bonds. The minimum absolute atomic E-state index is 0.195. The van der Waals surface area contributed by atoms with Crippen molar-refractivity contribution >= 4 is 17.9 Å². The van der Waals surface area contributed by atoms with Gasteiger partial charge in [0.05, 0.1) is 11.0 Å². The second-order valence-corrected chi connectivity index (χ2v) is 13.2. The molecule has 1 aliphatic rings. The summed E-state index contributed by atoms with van der Waals surface area (Å²) >= 11 is 0. The maximum atomic E-state index is 12.7. The van der Waals surface area contributed by atoms with Gasteiger partial charge in [0.25, 0.3) is 0 Å². The molecule has 0 spiro atoms. The van der Waals surface area contributed by atoms with E-state index in [1.54, 1.807) is 24.3 Å². The lowest BCUT2D eigenvalue weighted by Gasteiger charge is -2.26. The van der Waals surface area contributed by atoms with Gasteiger partial charge < -0.3 is 4.74 Å². The SMILES string of the molecule is C[C@@H]1O[C@@]1([Si](C)(C)C)S(=O)(=O)c1ccccc1. The average Bonchev–Trinajstić information content (AvgIpc) is 2.93. The zero-order valence-electron chi connectivity index (χ0n) is 10.6. The summed E-state index contributed by atoms with van der Waals surface area (Å²) in [5.74, 6) is 0. The van der Waals surface area contributed by atoms with Gasteiger partial charge >= 0.3 is 0 Å². The fraction of sp³-hybridized carbons (Fsp3) is 0.500. The first-order chi connectivity index (χ1) is 7.73. The van der Waals surface area contributed by atoms with Crippen LogP contribution in [-0.4, -0.2) is 27.2 Å². The Morgan fingerprint density at radius 3 is 2.00 bits per heavy atom. The van der Waals surface area contributed by atoms with Crippen LogP contribution in [0.2, 0.25) is 19.6 Å². The minimum atomic E-state index is -3.39. The van der Waals surface area contributed by atoms with E-state index >= 15 is 0 Å². The maximum absolute atomic E-state index is 12.7. The van der Waals surface area contributed by atoms with Crippen LogP contribution in [0.15, 0.2) is 35.2 Å². The lowest BCUT2D eigenvalue weighted by molar-refractivity contribution is 0.385. The van der Waals surface area contributed by atoms with Crippen LogP contribution < -0.4 is 0 Å². The van der Waals surface area contributed by atoms with Crippen molar-refractivity contribution in [2.24, 2.45) is 0 Å². The fourth-order valence-electron chi connectivity index (χ4n) is 2.47. The summed E-state index contributed by atoms with van der Waals surface area (Å²) in [6, 6.07) is 8.60. The Balaban J connectivity index is 2.55. The van der Waals surface area contributed by atoms with E-state index in [-0.39, 0.29) is 6.10 Å². The molecule has 1 fully saturated rings. The number of benzene rings is 1. The average molecular weight is 270 g/mol. The molecule has 3 nitrogen and oxygen atoms in total. The Morgan fingerprint density at radius 2 is 1.65 bits per heavy atom. The van der Waals surface area contributed by atoms with Crippen molar-refractivity contribution in [3.63, 3.8) is 0 Å². The second kappa shape index (κ2) is 3.67. The van der Waals surface area contributed by atoms with Crippen molar-refractivity contribution in [1.29, 1.82) is 0 Å². The summed E-state index contributed by atoms with van der Waals surface area (Å²) < 4.78 is 30.0. The molecular formula is C12H18O3SSi. The topological polar surface area (TPSA) is 46.7 Å². The van der Waals surface area contributed by atoms with Crippen LogP contribution in [0.25, 0.3) is 0 Å². The number of rotatable bonds is 3. The Kier molecular flexibility index (Phi) is 2.76. The molecule has 2 rings (SSSR count). The Hall–Kier alpha value is -0.653. The van der Waals surface area contributed by atoms with Crippen molar-refractivity contribution in [1.82, 2.24) is 0 Å². The van der Waals surface area contributed by atoms with Gasteiger partial charge in [-0.15, -0.1) is 0 Å². The summed E-state index contributed by atoms with van der Waals surface area (Å²) in [4.78, 5) is 0.367. The van der Waals surface area contributed by atoms with Crippen LogP contribution in [0.3, 0.4) is 0 Å². The zero-order valence-corrected chi connectivity index (χ0v) is 12.4. The van der Waals surface area contributed by atoms with Gasteiger partial charge in [0.1, 0.15) is 8.07 Å². The number of hydrogen-bond donors (Lipinski definition) is 0. The summed E-state index contributed by atoms with van der Waals surface area (Å²) in [5.41, 5.74) is 0. The predicted octanol–water partition coefficient (Wildman–Crippen LogP) is 2.45. The van der Waals surface area contributed by atoms with E-state index in [4.69, 9.17) is 4.74 Å². The first-order valence-electron chi connectivity index (χ1n) is 5.71. The molecule has 0 unspecified atom stereocenters. The summed E-state index contributed by atoms with van der Waals surface area (Å²) in [6.07, 6.45) is -0.195. The highest BCUT2D eigenvalue weighted by molar-refractivity contribution is 7.95. The monoisotopic (exact) mass is 270 g/mol. The van der Waals surface area contributed by atoms with E-state index in [1.807, 2.05) is 32.6 Å². The molecule has 0 aromatic heterocycles. The van der Waals surface area contributed by atoms with Gasteiger partial charge in [0.2, 0.25) is 9.84 Å². The lowest BCUT2D eigenvalue weighted by atomic mass is 10.4. The predicted molar refractivity (Wildman–Crippen MR) is 70.3 cm³/mol. The van der Waals surface area contributed by atoms with E-state index in [2.05, 4.69) is 0 Å². The molecule has 1 saturated heterocycles. The second-order valence-electron chi connectivity index (χ2n) is 5.49. The maximum Gasteiger partial charge on any atom is 0.207 e. The number of epoxide rings is 1. The molecular weight excluding hydrogens is 252 g/mol. The van der Waals surface area contributed by atoms with Crippen LogP contribution in [0.1, 0.15) is 6.92 Å². The Morgan fingerprint density at radius 1 is 1.18 bits per heavy atom. The van der Waals surface area contributed by atoms with E-state index in [0.717, 1.165) is 0 Å². The summed E-state index contributed by atoms with van der Waals surface area (Å²) in [5, 5.41) is 0. The fourth-order valence-corrected chi connectivity index (χ4v) is 9.38. The van der Waals surface area contributed by atoms with E-state index in [9.17, 15) is 8.42 Å². The molecule has 1 aromatic carbocycles. The van der Waals surface area contributed by atoms with E-state index in [0.29, 0.717) is 4.90 Å². The smallest absolute Gasteiger partial charge is 0.207 e. The standard InChI is InChI=1S/C12H18O3SSi/c1-10-12(15-10,17(2,3)4)16(13,14)11-8-6-5-7-9-11/h5-10H,1-4H3/t10-,12+/m0/s1. The van der Waals surface area contributed by atoms with Gasteiger partial charge in [0.15, 0.2) is 4.56 Å². The normalized spacial score (nSPS) is 29.1. The molecule has 2 atom stereocenters. The molecule has 1 aromatic rings. The first-order valence-corrected chi connectivity index (χ1v) is 10.7. The van der Waals surface area contributed by atoms with E-state index < -0.39 is 22.5 Å². The quantitative estimate of drug-likeness (QED) is 0.626. The van der Waals surface area contributed by atoms with Crippen LogP contribution >= 0.6 is 0 Å². The Labute approximate surface area is 104 Å². The third-order valence-electron chi connectivity index (χ3n) is 3.33. The minimum Gasteiger partial charge on any atom is -0.353 e. The molecule has 17 heavy (non-hydrogen) atoms. The van der Waals surface area contributed by atoms with Crippen molar-refractivity contribution < 1.29 is 13.2 Å². The van der Waals surface area contributed by atoms with Gasteiger partial charge in [0, 0.05) is 0 Å². The van der Waals surface area contributed by atoms with Gasteiger partial charge in [-0.3, -0.25) is 0 Å². The van der Waals surface area contributed by atoms with Crippen LogP contribution in [-0.2, 0) is 14.6 Å². The first kappa shape index (κ1) is 12.8. The summed E-state index contributed by atoms with van der Waals surface area (Å²) in [6.45, 7) is 7.96. The largest absolute Gasteiger partial charge is 0.353 e. The van der Waals surface area contributed by atoms with Gasteiger partial charge in [-0.25, -0.2) is 8.42 Å². The zero-order chi connectivity index (χ0) is 12.9. The molecule has 0 aliphatic carbocycles. The van der Waals surface area contributed by atoms with Crippen molar-refractivity contribution in [3.05, 3.63) is 30.3 Å². The molecule has 0 bridgehead atoms.